The number of hydrogen-bond acceptors (Lipinski definition) is 1. The van der Waals surface area contributed by atoms with Crippen LogP contribution in [0, 0.1) is 5.82 Å². The molecule has 0 aliphatic carbocycles. The van der Waals surface area contributed by atoms with Crippen LogP contribution in [-0.4, -0.2) is 12.5 Å². The first kappa shape index (κ1) is 7.28. The molecule has 1 aromatic rings. The van der Waals surface area contributed by atoms with E-state index in [2.05, 4.69) is 0 Å². The van der Waals surface area contributed by atoms with E-state index in [1.165, 1.54) is 12.1 Å². The van der Waals surface area contributed by atoms with Crippen LogP contribution < -0.4 is 4.90 Å². The summed E-state index contributed by atoms with van der Waals surface area (Å²) < 4.78 is 12.5. The van der Waals surface area contributed by atoms with Crippen LogP contribution in [0.25, 0.3) is 0 Å². The van der Waals surface area contributed by atoms with E-state index >= 15 is 0 Å². The van der Waals surface area contributed by atoms with Gasteiger partial charge in [-0.1, -0.05) is 0 Å². The van der Waals surface area contributed by atoms with Gasteiger partial charge in [-0.15, -0.1) is 0 Å². The first-order valence-corrected chi connectivity index (χ1v) is 3.83. The van der Waals surface area contributed by atoms with Crippen molar-refractivity contribution in [1.29, 1.82) is 0 Å². The quantitative estimate of drug-likeness (QED) is 0.578. The van der Waals surface area contributed by atoms with E-state index in [0.29, 0.717) is 6.42 Å². The lowest BCUT2D eigenvalue weighted by Gasteiger charge is -2.30. The maximum absolute atomic E-state index is 12.5. The Bertz CT molecular complexity index is 307. The van der Waals surface area contributed by atoms with Gasteiger partial charge in [0, 0.05) is 18.7 Å². The number of benzene rings is 1. The average Bonchev–Trinajstić information content (AvgIpc) is 2.06. The smallest absolute Gasteiger partial charge is 0.228 e. The summed E-state index contributed by atoms with van der Waals surface area (Å²) in [6.45, 7) is 0.754. The molecular formula is C9H8FNO. The molecule has 0 N–H and O–H groups in total. The number of carbonyl (C=O) groups is 1. The number of amides is 1. The van der Waals surface area contributed by atoms with Gasteiger partial charge in [0.15, 0.2) is 0 Å². The van der Waals surface area contributed by atoms with Crippen LogP contribution in [0.1, 0.15) is 6.42 Å². The Labute approximate surface area is 69.6 Å². The van der Waals surface area contributed by atoms with E-state index in [9.17, 15) is 9.18 Å². The van der Waals surface area contributed by atoms with Crippen LogP contribution in [0.2, 0.25) is 0 Å². The number of anilines is 1. The molecule has 1 fully saturated rings. The van der Waals surface area contributed by atoms with Crippen LogP contribution in [0.4, 0.5) is 10.1 Å². The zero-order valence-electron chi connectivity index (χ0n) is 6.46. The highest BCUT2D eigenvalue weighted by Crippen LogP contribution is 2.21. The highest BCUT2D eigenvalue weighted by atomic mass is 19.1. The minimum atomic E-state index is -0.272. The normalized spacial score (nSPS) is 16.1. The molecule has 3 heteroatoms. The topological polar surface area (TPSA) is 20.3 Å². The summed E-state index contributed by atoms with van der Waals surface area (Å²) in [5.74, 6) is -0.159. The summed E-state index contributed by atoms with van der Waals surface area (Å²) in [5, 5.41) is 0. The summed E-state index contributed by atoms with van der Waals surface area (Å²) in [4.78, 5) is 12.6. The van der Waals surface area contributed by atoms with Crippen molar-refractivity contribution in [3.8, 4) is 0 Å². The molecule has 1 saturated heterocycles. The molecule has 0 aromatic heterocycles. The predicted molar refractivity (Wildman–Crippen MR) is 43.4 cm³/mol. The lowest BCUT2D eigenvalue weighted by atomic mass is 10.1. The fourth-order valence-corrected chi connectivity index (χ4v) is 1.21. The summed E-state index contributed by atoms with van der Waals surface area (Å²) in [5.41, 5.74) is 0.785. The molecule has 62 valence electrons. The highest BCUT2D eigenvalue weighted by Gasteiger charge is 2.24. The summed E-state index contributed by atoms with van der Waals surface area (Å²) in [7, 11) is 0. The molecule has 2 rings (SSSR count). The van der Waals surface area contributed by atoms with Crippen molar-refractivity contribution in [2.45, 2.75) is 6.42 Å². The number of β-lactam (4-membered cyclic amide) rings is 1. The van der Waals surface area contributed by atoms with Gasteiger partial charge >= 0.3 is 0 Å². The van der Waals surface area contributed by atoms with Crippen molar-refractivity contribution in [3.63, 3.8) is 0 Å². The molecule has 0 atom stereocenters. The zero-order chi connectivity index (χ0) is 8.55. The average molecular weight is 165 g/mol. The van der Waals surface area contributed by atoms with Gasteiger partial charge in [0.05, 0.1) is 0 Å². The van der Waals surface area contributed by atoms with Gasteiger partial charge < -0.3 is 4.90 Å². The van der Waals surface area contributed by atoms with Crippen molar-refractivity contribution in [3.05, 3.63) is 30.1 Å². The van der Waals surface area contributed by atoms with Gasteiger partial charge in [-0.25, -0.2) is 4.39 Å². The van der Waals surface area contributed by atoms with Crippen molar-refractivity contribution < 1.29 is 9.18 Å². The molecule has 0 unspecified atom stereocenters. The predicted octanol–water partition coefficient (Wildman–Crippen LogP) is 1.56. The zero-order valence-corrected chi connectivity index (χ0v) is 6.46. The number of halogens is 1. The van der Waals surface area contributed by atoms with Crippen LogP contribution in [0.3, 0.4) is 0 Å². The number of hydrogen-bond donors (Lipinski definition) is 0. The molecule has 0 bridgehead atoms. The standard InChI is InChI=1S/C9H8FNO/c10-7-1-3-8(4-2-7)11-6-5-9(11)12/h1-4H,5-6H2. The number of rotatable bonds is 1. The first-order chi connectivity index (χ1) is 5.77. The summed E-state index contributed by atoms with van der Waals surface area (Å²) in [6, 6.07) is 5.96. The Morgan fingerprint density at radius 2 is 1.92 bits per heavy atom. The lowest BCUT2D eigenvalue weighted by Crippen LogP contribution is -2.43. The molecule has 1 aromatic carbocycles. The molecule has 12 heavy (non-hydrogen) atoms. The van der Waals surface area contributed by atoms with Crippen LogP contribution >= 0.6 is 0 Å². The fraction of sp³-hybridized carbons (Fsp3) is 0.222. The molecule has 1 heterocycles. The Morgan fingerprint density at radius 1 is 1.25 bits per heavy atom. The molecule has 1 aliphatic rings. The van der Waals surface area contributed by atoms with Gasteiger partial charge in [-0.3, -0.25) is 4.79 Å². The third-order valence-electron chi connectivity index (χ3n) is 1.99. The van der Waals surface area contributed by atoms with E-state index in [-0.39, 0.29) is 11.7 Å². The van der Waals surface area contributed by atoms with Gasteiger partial charge in [0.1, 0.15) is 5.82 Å². The number of nitrogens with zero attached hydrogens (tertiary/aromatic N) is 1. The van der Waals surface area contributed by atoms with E-state index in [1.807, 2.05) is 0 Å². The monoisotopic (exact) mass is 165 g/mol. The highest BCUT2D eigenvalue weighted by molar-refractivity contribution is 5.99. The van der Waals surface area contributed by atoms with Gasteiger partial charge in [0.25, 0.3) is 0 Å². The van der Waals surface area contributed by atoms with Crippen molar-refractivity contribution in [1.82, 2.24) is 0 Å². The van der Waals surface area contributed by atoms with E-state index in [0.717, 1.165) is 12.2 Å². The molecular weight excluding hydrogens is 157 g/mol. The minimum absolute atomic E-state index is 0.113. The fourth-order valence-electron chi connectivity index (χ4n) is 1.21. The summed E-state index contributed by atoms with van der Waals surface area (Å²) >= 11 is 0. The molecule has 0 saturated carbocycles. The SMILES string of the molecule is O=C1CCN1c1ccc(F)cc1. The maximum atomic E-state index is 12.5. The van der Waals surface area contributed by atoms with Crippen molar-refractivity contribution >= 4 is 11.6 Å². The van der Waals surface area contributed by atoms with E-state index in [1.54, 1.807) is 17.0 Å². The number of carbonyl (C=O) groups excluding carboxylic acids is 1. The minimum Gasteiger partial charge on any atom is -0.312 e. The van der Waals surface area contributed by atoms with Gasteiger partial charge in [-0.2, -0.15) is 0 Å². The first-order valence-electron chi connectivity index (χ1n) is 3.83. The molecule has 1 aliphatic heterocycles. The Hall–Kier alpha value is -1.38. The Balaban J connectivity index is 2.23. The van der Waals surface area contributed by atoms with Crippen LogP contribution in [-0.2, 0) is 4.79 Å². The molecule has 1 amide bonds. The third-order valence-corrected chi connectivity index (χ3v) is 1.99. The van der Waals surface area contributed by atoms with Crippen molar-refractivity contribution in [2.24, 2.45) is 0 Å². The summed E-state index contributed by atoms with van der Waals surface area (Å²) in [6.07, 6.45) is 0.609. The van der Waals surface area contributed by atoms with Gasteiger partial charge in [-0.05, 0) is 24.3 Å². The van der Waals surface area contributed by atoms with Crippen LogP contribution in [0.5, 0.6) is 0 Å². The maximum Gasteiger partial charge on any atom is 0.228 e. The second-order valence-corrected chi connectivity index (χ2v) is 2.77. The Kier molecular flexibility index (Phi) is 1.57. The Morgan fingerprint density at radius 3 is 2.33 bits per heavy atom. The van der Waals surface area contributed by atoms with E-state index < -0.39 is 0 Å². The molecule has 2 nitrogen and oxygen atoms in total. The van der Waals surface area contributed by atoms with E-state index in [4.69, 9.17) is 0 Å². The molecule has 0 radical (unpaired) electrons. The van der Waals surface area contributed by atoms with Crippen LogP contribution in [0.15, 0.2) is 24.3 Å². The third kappa shape index (κ3) is 1.07. The lowest BCUT2D eigenvalue weighted by molar-refractivity contribution is -0.122. The molecule has 0 spiro atoms. The van der Waals surface area contributed by atoms with Gasteiger partial charge in [0.2, 0.25) is 5.91 Å². The largest absolute Gasteiger partial charge is 0.312 e. The second-order valence-electron chi connectivity index (χ2n) is 2.77. The van der Waals surface area contributed by atoms with Crippen molar-refractivity contribution in [2.75, 3.05) is 11.4 Å². The second kappa shape index (κ2) is 2.59.